The first-order valence-corrected chi connectivity index (χ1v) is 11.0. The number of hydrogen-bond donors (Lipinski definition) is 8. The Balaban J connectivity index is 4.49. The molecule has 15 heteroatoms. The Morgan fingerprint density at radius 3 is 1.94 bits per heavy atom. The molecule has 0 fully saturated rings. The van der Waals surface area contributed by atoms with E-state index in [2.05, 4.69) is 28.6 Å². The van der Waals surface area contributed by atoms with E-state index in [4.69, 9.17) is 16.6 Å². The van der Waals surface area contributed by atoms with Gasteiger partial charge >= 0.3 is 5.97 Å². The van der Waals surface area contributed by atoms with Crippen molar-refractivity contribution in [1.82, 2.24) is 21.3 Å². The van der Waals surface area contributed by atoms with Gasteiger partial charge < -0.3 is 37.8 Å². The minimum atomic E-state index is -1.53. The summed E-state index contributed by atoms with van der Waals surface area (Å²) in [5.74, 6) is -4.62. The van der Waals surface area contributed by atoms with Gasteiger partial charge in [0.15, 0.2) is 0 Å². The Kier molecular flexibility index (Phi) is 14.1. The molecule has 0 aliphatic heterocycles. The summed E-state index contributed by atoms with van der Waals surface area (Å²) in [6, 6.07) is -3.41. The third kappa shape index (κ3) is 12.7. The number of aliphatic carboxylic acids is 1. The molecule has 176 valence electrons. The van der Waals surface area contributed by atoms with Crippen molar-refractivity contribution in [2.75, 3.05) is 30.9 Å². The molecule has 0 saturated carbocycles. The second kappa shape index (κ2) is 15.3. The van der Waals surface area contributed by atoms with Crippen LogP contribution in [-0.2, 0) is 28.8 Å². The van der Waals surface area contributed by atoms with Gasteiger partial charge in [-0.1, -0.05) is 0 Å². The molecule has 0 heterocycles. The lowest BCUT2D eigenvalue weighted by Crippen LogP contribution is -2.53. The molecule has 31 heavy (non-hydrogen) atoms. The van der Waals surface area contributed by atoms with Crippen LogP contribution in [-0.4, -0.2) is 89.6 Å². The lowest BCUT2D eigenvalue weighted by atomic mass is 10.2. The second-order valence-electron chi connectivity index (χ2n) is 6.26. The smallest absolute Gasteiger partial charge is 0.326 e. The van der Waals surface area contributed by atoms with Gasteiger partial charge in [-0.3, -0.25) is 24.0 Å². The van der Waals surface area contributed by atoms with Crippen molar-refractivity contribution in [3.8, 4) is 0 Å². The Labute approximate surface area is 188 Å². The Morgan fingerprint density at radius 1 is 0.968 bits per heavy atom. The fourth-order valence-electron chi connectivity index (χ4n) is 2.05. The minimum absolute atomic E-state index is 0.111. The zero-order chi connectivity index (χ0) is 24.0. The van der Waals surface area contributed by atoms with E-state index >= 15 is 0 Å². The van der Waals surface area contributed by atoms with Crippen LogP contribution in [0.5, 0.6) is 0 Å². The Morgan fingerprint density at radius 2 is 1.48 bits per heavy atom. The molecule has 0 rings (SSSR count). The number of primary amides is 1. The number of nitrogens with two attached hydrogens (primary N) is 2. The fraction of sp³-hybridized carbons (Fsp3) is 0.625. The van der Waals surface area contributed by atoms with Gasteiger partial charge in [0.1, 0.15) is 12.1 Å². The summed E-state index contributed by atoms with van der Waals surface area (Å²) in [5.41, 5.74) is 10.6. The van der Waals surface area contributed by atoms with Crippen LogP contribution in [0.3, 0.4) is 0 Å². The number of thiol groups is 1. The van der Waals surface area contributed by atoms with Crippen LogP contribution in [0.1, 0.15) is 12.8 Å². The maximum absolute atomic E-state index is 12.1. The van der Waals surface area contributed by atoms with Crippen LogP contribution in [0.15, 0.2) is 0 Å². The van der Waals surface area contributed by atoms with Crippen molar-refractivity contribution >= 4 is 59.9 Å². The van der Waals surface area contributed by atoms with Crippen molar-refractivity contribution in [2.45, 2.75) is 31.0 Å². The molecular weight excluding hydrogens is 452 g/mol. The van der Waals surface area contributed by atoms with Crippen molar-refractivity contribution in [3.63, 3.8) is 0 Å². The molecule has 3 unspecified atom stereocenters. The zero-order valence-corrected chi connectivity index (χ0v) is 18.6. The van der Waals surface area contributed by atoms with E-state index in [9.17, 15) is 28.8 Å². The molecule has 0 saturated heterocycles. The molecule has 3 atom stereocenters. The highest BCUT2D eigenvalue weighted by atomic mass is 32.2. The standard InChI is InChI=1S/C16H28N6O7S2/c1-31-3-2-8(17)14(26)19-5-13(25)22-10(7-30)15(27)20-6-12(24)21-9(16(28)29)4-11(18)23/h8-10,30H,2-7,17H2,1H3,(H2,18,23)(H,19,26)(H,20,27)(H,21,24)(H,22,25)(H,28,29). The normalized spacial score (nSPS) is 13.3. The number of carboxylic acids is 1. The molecule has 0 aliphatic rings. The Bertz CT molecular complexity index is 679. The summed E-state index contributed by atoms with van der Waals surface area (Å²) in [7, 11) is 0. The lowest BCUT2D eigenvalue weighted by Gasteiger charge is -2.18. The number of carbonyl (C=O) groups excluding carboxylic acids is 5. The zero-order valence-electron chi connectivity index (χ0n) is 16.9. The summed E-state index contributed by atoms with van der Waals surface area (Å²) in [4.78, 5) is 69.4. The fourth-order valence-corrected chi connectivity index (χ4v) is 2.80. The van der Waals surface area contributed by atoms with E-state index in [0.29, 0.717) is 12.2 Å². The number of nitrogens with one attached hydrogen (secondary N) is 4. The topological polar surface area (TPSA) is 223 Å². The van der Waals surface area contributed by atoms with Crippen LogP contribution in [0.2, 0.25) is 0 Å². The summed E-state index contributed by atoms with van der Waals surface area (Å²) < 4.78 is 0. The monoisotopic (exact) mass is 480 g/mol. The predicted octanol–water partition coefficient (Wildman–Crippen LogP) is -3.84. The number of thioether (sulfide) groups is 1. The lowest BCUT2D eigenvalue weighted by molar-refractivity contribution is -0.143. The van der Waals surface area contributed by atoms with Gasteiger partial charge in [0.05, 0.1) is 25.6 Å². The average molecular weight is 481 g/mol. The van der Waals surface area contributed by atoms with Crippen molar-refractivity contribution in [1.29, 1.82) is 0 Å². The van der Waals surface area contributed by atoms with Gasteiger partial charge in [0, 0.05) is 5.75 Å². The number of amides is 5. The molecule has 0 bridgehead atoms. The molecule has 13 nitrogen and oxygen atoms in total. The summed E-state index contributed by atoms with van der Waals surface area (Å²) in [5, 5.41) is 17.9. The summed E-state index contributed by atoms with van der Waals surface area (Å²) in [6.07, 6.45) is 1.70. The molecule has 0 aromatic carbocycles. The van der Waals surface area contributed by atoms with Crippen molar-refractivity contribution < 1.29 is 33.9 Å². The van der Waals surface area contributed by atoms with E-state index in [1.807, 2.05) is 11.6 Å². The van der Waals surface area contributed by atoms with Crippen LogP contribution < -0.4 is 32.7 Å². The van der Waals surface area contributed by atoms with E-state index < -0.39 is 73.1 Å². The molecular formula is C16H28N6O7S2. The molecule has 9 N–H and O–H groups in total. The van der Waals surface area contributed by atoms with Crippen LogP contribution >= 0.6 is 24.4 Å². The van der Waals surface area contributed by atoms with Crippen LogP contribution in [0, 0.1) is 0 Å². The largest absolute Gasteiger partial charge is 0.480 e. The predicted molar refractivity (Wildman–Crippen MR) is 116 cm³/mol. The van der Waals surface area contributed by atoms with E-state index in [0.717, 1.165) is 0 Å². The third-order valence-corrected chi connectivity index (χ3v) is 4.70. The third-order valence-electron chi connectivity index (χ3n) is 3.69. The molecule has 0 aromatic heterocycles. The molecule has 0 radical (unpaired) electrons. The van der Waals surface area contributed by atoms with E-state index in [-0.39, 0.29) is 5.75 Å². The summed E-state index contributed by atoms with van der Waals surface area (Å²) >= 11 is 5.49. The van der Waals surface area contributed by atoms with Crippen LogP contribution in [0.25, 0.3) is 0 Å². The number of hydrogen-bond acceptors (Lipinski definition) is 9. The number of rotatable bonds is 15. The first-order chi connectivity index (χ1) is 14.5. The molecule has 0 aliphatic carbocycles. The molecule has 0 spiro atoms. The highest BCUT2D eigenvalue weighted by Gasteiger charge is 2.24. The Hall–Kier alpha value is -2.52. The van der Waals surface area contributed by atoms with Gasteiger partial charge in [0.25, 0.3) is 0 Å². The highest BCUT2D eigenvalue weighted by Crippen LogP contribution is 1.98. The van der Waals surface area contributed by atoms with Gasteiger partial charge in [-0.15, -0.1) is 0 Å². The second-order valence-corrected chi connectivity index (χ2v) is 7.61. The average Bonchev–Trinajstić information content (AvgIpc) is 2.71. The van der Waals surface area contributed by atoms with Crippen molar-refractivity contribution in [3.05, 3.63) is 0 Å². The maximum atomic E-state index is 12.1. The molecule has 0 aromatic rings. The number of carbonyl (C=O) groups is 6. The van der Waals surface area contributed by atoms with Gasteiger partial charge in [-0.25, -0.2) is 4.79 Å². The quantitative estimate of drug-likeness (QED) is 0.107. The van der Waals surface area contributed by atoms with Gasteiger partial charge in [0.2, 0.25) is 29.5 Å². The van der Waals surface area contributed by atoms with E-state index in [1.54, 1.807) is 0 Å². The first kappa shape index (κ1) is 28.5. The van der Waals surface area contributed by atoms with Gasteiger partial charge in [-0.05, 0) is 18.4 Å². The van der Waals surface area contributed by atoms with Gasteiger partial charge in [-0.2, -0.15) is 24.4 Å². The van der Waals surface area contributed by atoms with E-state index in [1.165, 1.54) is 11.8 Å². The minimum Gasteiger partial charge on any atom is -0.480 e. The summed E-state index contributed by atoms with van der Waals surface area (Å²) in [6.45, 7) is -1.01. The highest BCUT2D eigenvalue weighted by molar-refractivity contribution is 7.98. The molecule has 5 amide bonds. The first-order valence-electron chi connectivity index (χ1n) is 9.02. The van der Waals surface area contributed by atoms with Crippen molar-refractivity contribution in [2.24, 2.45) is 11.5 Å². The SMILES string of the molecule is CSCCC(N)C(=O)NCC(=O)NC(CS)C(=O)NCC(=O)NC(CC(N)=O)C(=O)O. The maximum Gasteiger partial charge on any atom is 0.326 e. The number of carboxylic acid groups (broad SMARTS) is 1. The van der Waals surface area contributed by atoms with Crippen LogP contribution in [0.4, 0.5) is 0 Å².